The molecule has 1 fully saturated rings. The molecular weight excluding hydrogens is 276 g/mol. The van der Waals surface area contributed by atoms with Crippen LogP contribution in [0.3, 0.4) is 0 Å². The van der Waals surface area contributed by atoms with Crippen LogP contribution in [0.15, 0.2) is 23.1 Å². The molecule has 1 aromatic heterocycles. The van der Waals surface area contributed by atoms with Crippen molar-refractivity contribution in [3.8, 4) is 0 Å². The van der Waals surface area contributed by atoms with Crippen molar-refractivity contribution in [2.45, 2.75) is 44.8 Å². The number of hydrogen-bond donors (Lipinski definition) is 2. The smallest absolute Gasteiger partial charge is 0.247 e. The summed E-state index contributed by atoms with van der Waals surface area (Å²) in [6, 6.07) is 4.18. The lowest BCUT2D eigenvalue weighted by atomic mass is 9.96. The third-order valence-corrected chi connectivity index (χ3v) is 4.79. The minimum atomic E-state index is -0.0483. The van der Waals surface area contributed by atoms with Gasteiger partial charge in [-0.2, -0.15) is 0 Å². The molecule has 0 aliphatic carbocycles. The van der Waals surface area contributed by atoms with Gasteiger partial charge in [-0.1, -0.05) is 6.07 Å². The zero-order valence-corrected chi connectivity index (χ0v) is 14.4. The number of nitrogens with one attached hydrogen (secondary N) is 2. The second-order valence-electron chi connectivity index (χ2n) is 7.16. The Morgan fingerprint density at radius 3 is 2.55 bits per heavy atom. The molecule has 5 heteroatoms. The molecule has 0 unspecified atom stereocenters. The quantitative estimate of drug-likeness (QED) is 0.831. The van der Waals surface area contributed by atoms with Crippen molar-refractivity contribution in [3.05, 3.63) is 34.2 Å². The molecule has 0 saturated carbocycles. The van der Waals surface area contributed by atoms with Gasteiger partial charge in [0.25, 0.3) is 0 Å². The van der Waals surface area contributed by atoms with Gasteiger partial charge in [-0.15, -0.1) is 0 Å². The minimum absolute atomic E-state index is 0.0483. The van der Waals surface area contributed by atoms with Gasteiger partial charge in [-0.3, -0.25) is 9.69 Å². The molecule has 2 N–H and O–H groups in total. The van der Waals surface area contributed by atoms with Crippen molar-refractivity contribution in [2.24, 2.45) is 0 Å². The van der Waals surface area contributed by atoms with Gasteiger partial charge in [0.05, 0.1) is 0 Å². The number of aromatic nitrogens is 1. The monoisotopic (exact) mass is 306 g/mol. The molecule has 2 rings (SSSR count). The molecule has 124 valence electrons. The van der Waals surface area contributed by atoms with Crippen LogP contribution in [0.2, 0.25) is 0 Å². The number of H-pyrrole nitrogens is 1. The highest BCUT2D eigenvalue weighted by Crippen LogP contribution is 2.22. The maximum absolute atomic E-state index is 11.0. The van der Waals surface area contributed by atoms with Gasteiger partial charge in [0.15, 0.2) is 0 Å². The van der Waals surface area contributed by atoms with Crippen LogP contribution in [0, 0.1) is 0 Å². The maximum atomic E-state index is 11.0. The Morgan fingerprint density at radius 1 is 1.32 bits per heavy atom. The van der Waals surface area contributed by atoms with Crippen LogP contribution in [0.25, 0.3) is 0 Å². The summed E-state index contributed by atoms with van der Waals surface area (Å²) in [6.45, 7) is 8.67. The molecule has 0 radical (unpaired) electrons. The third kappa shape index (κ3) is 4.66. The summed E-state index contributed by atoms with van der Waals surface area (Å²) in [4.78, 5) is 18.7. The van der Waals surface area contributed by atoms with E-state index < -0.39 is 0 Å². The van der Waals surface area contributed by atoms with Crippen LogP contribution in [-0.4, -0.2) is 60.1 Å². The van der Waals surface area contributed by atoms with Crippen molar-refractivity contribution in [1.82, 2.24) is 20.1 Å². The Balaban J connectivity index is 1.78. The molecule has 22 heavy (non-hydrogen) atoms. The molecule has 0 bridgehead atoms. The average Bonchev–Trinajstić information content (AvgIpc) is 2.49. The first-order chi connectivity index (χ1) is 10.4. The minimum Gasteiger partial charge on any atom is -0.329 e. The van der Waals surface area contributed by atoms with Gasteiger partial charge in [0.2, 0.25) is 5.56 Å². The highest BCUT2D eigenvalue weighted by molar-refractivity contribution is 5.08. The van der Waals surface area contributed by atoms with E-state index in [1.807, 2.05) is 6.07 Å². The van der Waals surface area contributed by atoms with Crippen molar-refractivity contribution < 1.29 is 0 Å². The second kappa shape index (κ2) is 7.40. The van der Waals surface area contributed by atoms with E-state index in [1.54, 1.807) is 12.3 Å². The van der Waals surface area contributed by atoms with Crippen molar-refractivity contribution in [3.63, 3.8) is 0 Å². The highest BCUT2D eigenvalue weighted by Gasteiger charge is 2.30. The topological polar surface area (TPSA) is 51.4 Å². The highest BCUT2D eigenvalue weighted by atomic mass is 16.1. The summed E-state index contributed by atoms with van der Waals surface area (Å²) in [6.07, 6.45) is 4.28. The van der Waals surface area contributed by atoms with Crippen molar-refractivity contribution in [2.75, 3.05) is 33.7 Å². The van der Waals surface area contributed by atoms with Gasteiger partial charge in [-0.05, 0) is 46.3 Å². The molecule has 1 aliphatic heterocycles. The zero-order chi connectivity index (χ0) is 16.2. The number of piperidine rings is 1. The van der Waals surface area contributed by atoms with Crippen LogP contribution in [0.1, 0.15) is 32.3 Å². The van der Waals surface area contributed by atoms with Crippen LogP contribution in [0.4, 0.5) is 0 Å². The van der Waals surface area contributed by atoms with Crippen LogP contribution < -0.4 is 10.9 Å². The number of hydrogen-bond acceptors (Lipinski definition) is 4. The summed E-state index contributed by atoms with van der Waals surface area (Å²) in [5.74, 6) is 0. The third-order valence-electron chi connectivity index (χ3n) is 4.79. The predicted octanol–water partition coefficient (Wildman–Crippen LogP) is 1.27. The lowest BCUT2D eigenvalue weighted by molar-refractivity contribution is 0.0616. The van der Waals surface area contributed by atoms with E-state index >= 15 is 0 Å². The van der Waals surface area contributed by atoms with E-state index in [0.717, 1.165) is 37.8 Å². The first kappa shape index (κ1) is 17.2. The van der Waals surface area contributed by atoms with Crippen LogP contribution in [-0.2, 0) is 6.54 Å². The number of aromatic amines is 1. The second-order valence-corrected chi connectivity index (χ2v) is 7.16. The van der Waals surface area contributed by atoms with Crippen LogP contribution in [0.5, 0.6) is 0 Å². The van der Waals surface area contributed by atoms with Crippen LogP contribution >= 0.6 is 0 Å². The van der Waals surface area contributed by atoms with E-state index in [4.69, 9.17) is 0 Å². The summed E-state index contributed by atoms with van der Waals surface area (Å²) in [5, 5.41) is 3.52. The molecule has 0 amide bonds. The van der Waals surface area contributed by atoms with Gasteiger partial charge in [-0.25, -0.2) is 0 Å². The van der Waals surface area contributed by atoms with E-state index in [2.05, 4.69) is 48.0 Å². The van der Waals surface area contributed by atoms with Gasteiger partial charge >= 0.3 is 0 Å². The summed E-state index contributed by atoms with van der Waals surface area (Å²) in [5.41, 5.74) is 1.22. The number of pyridine rings is 1. The lowest BCUT2D eigenvalue weighted by Gasteiger charge is -2.44. The molecular formula is C17H30N4O. The first-order valence-corrected chi connectivity index (χ1v) is 8.18. The molecule has 2 heterocycles. The van der Waals surface area contributed by atoms with Gasteiger partial charge in [0, 0.05) is 50.0 Å². The Kier molecular flexibility index (Phi) is 5.78. The Labute approximate surface area is 133 Å². The number of likely N-dealkylation sites (tertiary alicyclic amines) is 1. The summed E-state index contributed by atoms with van der Waals surface area (Å²) < 4.78 is 0. The lowest BCUT2D eigenvalue weighted by Crippen LogP contribution is -2.55. The van der Waals surface area contributed by atoms with Crippen molar-refractivity contribution >= 4 is 0 Å². The fraction of sp³-hybridized carbons (Fsp3) is 0.706. The van der Waals surface area contributed by atoms with E-state index in [0.29, 0.717) is 0 Å². The van der Waals surface area contributed by atoms with Gasteiger partial charge < -0.3 is 15.2 Å². The standard InChI is InChI=1S/C17H30N4O/c1-17(2,21-9-7-15(8-10-21)20(3)4)13-18-11-14-5-6-16(22)19-12-14/h5-6,12,15,18H,7-11,13H2,1-4H3,(H,19,22). The zero-order valence-electron chi connectivity index (χ0n) is 14.4. The molecule has 1 aromatic rings. The summed E-state index contributed by atoms with van der Waals surface area (Å²) >= 11 is 0. The number of nitrogens with zero attached hydrogens (tertiary/aromatic N) is 2. The molecule has 1 aliphatic rings. The molecule has 1 saturated heterocycles. The maximum Gasteiger partial charge on any atom is 0.247 e. The SMILES string of the molecule is CN(C)C1CCN(C(C)(C)CNCc2ccc(=O)[nH]c2)CC1. The normalized spacial score (nSPS) is 18.0. The number of rotatable bonds is 6. The van der Waals surface area contributed by atoms with Gasteiger partial charge in [0.1, 0.15) is 0 Å². The average molecular weight is 306 g/mol. The Morgan fingerprint density at radius 2 is 2.00 bits per heavy atom. The molecule has 0 spiro atoms. The molecule has 0 atom stereocenters. The van der Waals surface area contributed by atoms with E-state index in [-0.39, 0.29) is 11.1 Å². The first-order valence-electron chi connectivity index (χ1n) is 8.18. The molecule has 0 aromatic carbocycles. The largest absolute Gasteiger partial charge is 0.329 e. The Bertz CT molecular complexity index is 495. The fourth-order valence-electron chi connectivity index (χ4n) is 3.16. The predicted molar refractivity (Wildman–Crippen MR) is 91.1 cm³/mol. The van der Waals surface area contributed by atoms with Crippen molar-refractivity contribution in [1.29, 1.82) is 0 Å². The molecule has 5 nitrogen and oxygen atoms in total. The van der Waals surface area contributed by atoms with E-state index in [1.165, 1.54) is 12.8 Å². The van der Waals surface area contributed by atoms with E-state index in [9.17, 15) is 4.79 Å². The summed E-state index contributed by atoms with van der Waals surface area (Å²) in [7, 11) is 4.36. The Hall–Kier alpha value is -1.17. The fourth-order valence-corrected chi connectivity index (χ4v) is 3.16.